The van der Waals surface area contributed by atoms with Crippen molar-refractivity contribution in [1.29, 1.82) is 0 Å². The molecular weight excluding hydrogens is 294 g/mol. The summed E-state index contributed by atoms with van der Waals surface area (Å²) >= 11 is 5.21. The summed E-state index contributed by atoms with van der Waals surface area (Å²) in [5.41, 5.74) is 6.83. The first-order chi connectivity index (χ1) is 8.28. The SMILES string of the molecule is NCCc1ccc(Sc2ccc(Br)cc2)cc1. The largest absolute Gasteiger partial charge is 0.330 e. The van der Waals surface area contributed by atoms with Crippen molar-refractivity contribution >= 4 is 27.7 Å². The molecule has 0 radical (unpaired) electrons. The molecule has 2 rings (SSSR count). The molecule has 0 amide bonds. The molecule has 0 heterocycles. The highest BCUT2D eigenvalue weighted by Gasteiger charge is 1.98. The second-order valence-corrected chi connectivity index (χ2v) is 5.80. The van der Waals surface area contributed by atoms with Crippen molar-refractivity contribution in [2.75, 3.05) is 6.54 Å². The molecule has 0 unspecified atom stereocenters. The summed E-state index contributed by atoms with van der Waals surface area (Å²) in [4.78, 5) is 2.51. The van der Waals surface area contributed by atoms with Crippen LogP contribution < -0.4 is 5.73 Å². The zero-order valence-corrected chi connectivity index (χ0v) is 11.8. The summed E-state index contributed by atoms with van der Waals surface area (Å²) in [5.74, 6) is 0. The first kappa shape index (κ1) is 12.7. The van der Waals surface area contributed by atoms with Gasteiger partial charge in [0.25, 0.3) is 0 Å². The van der Waals surface area contributed by atoms with E-state index in [1.54, 1.807) is 11.8 Å². The van der Waals surface area contributed by atoms with Gasteiger partial charge in [-0.25, -0.2) is 0 Å². The van der Waals surface area contributed by atoms with Crippen molar-refractivity contribution in [3.63, 3.8) is 0 Å². The highest BCUT2D eigenvalue weighted by Crippen LogP contribution is 2.28. The summed E-state index contributed by atoms with van der Waals surface area (Å²) in [7, 11) is 0. The Morgan fingerprint density at radius 2 is 1.41 bits per heavy atom. The van der Waals surface area contributed by atoms with Crippen molar-refractivity contribution in [2.24, 2.45) is 5.73 Å². The van der Waals surface area contributed by atoms with Crippen molar-refractivity contribution < 1.29 is 0 Å². The molecule has 0 bridgehead atoms. The Bertz CT molecular complexity index is 465. The Hall–Kier alpha value is -0.770. The van der Waals surface area contributed by atoms with Gasteiger partial charge in [-0.1, -0.05) is 39.8 Å². The minimum absolute atomic E-state index is 0.708. The summed E-state index contributed by atoms with van der Waals surface area (Å²) in [6, 6.07) is 16.9. The van der Waals surface area contributed by atoms with E-state index in [2.05, 4.69) is 64.5 Å². The molecule has 0 aliphatic heterocycles. The van der Waals surface area contributed by atoms with Crippen LogP contribution in [0, 0.1) is 0 Å². The first-order valence-electron chi connectivity index (χ1n) is 5.50. The fourth-order valence-electron chi connectivity index (χ4n) is 1.53. The molecule has 1 nitrogen and oxygen atoms in total. The zero-order chi connectivity index (χ0) is 12.1. The van der Waals surface area contributed by atoms with Crippen LogP contribution in [0.2, 0.25) is 0 Å². The lowest BCUT2D eigenvalue weighted by Crippen LogP contribution is -2.02. The maximum absolute atomic E-state index is 5.53. The molecule has 17 heavy (non-hydrogen) atoms. The van der Waals surface area contributed by atoms with Crippen LogP contribution in [0.3, 0.4) is 0 Å². The molecule has 3 heteroatoms. The lowest BCUT2D eigenvalue weighted by atomic mass is 10.2. The lowest BCUT2D eigenvalue weighted by molar-refractivity contribution is 0.966. The Morgan fingerprint density at radius 1 is 0.882 bits per heavy atom. The van der Waals surface area contributed by atoms with E-state index in [4.69, 9.17) is 5.73 Å². The summed E-state index contributed by atoms with van der Waals surface area (Å²) < 4.78 is 1.11. The Kier molecular flexibility index (Phi) is 4.66. The molecule has 0 aromatic heterocycles. The summed E-state index contributed by atoms with van der Waals surface area (Å²) in [6.07, 6.45) is 0.948. The average Bonchev–Trinajstić information content (AvgIpc) is 2.35. The topological polar surface area (TPSA) is 26.0 Å². The molecule has 0 saturated heterocycles. The first-order valence-corrected chi connectivity index (χ1v) is 7.11. The average molecular weight is 308 g/mol. The van der Waals surface area contributed by atoms with Gasteiger partial charge in [0.15, 0.2) is 0 Å². The van der Waals surface area contributed by atoms with E-state index in [-0.39, 0.29) is 0 Å². The van der Waals surface area contributed by atoms with Crippen LogP contribution in [0.25, 0.3) is 0 Å². The van der Waals surface area contributed by atoms with E-state index >= 15 is 0 Å². The Balaban J connectivity index is 2.05. The molecule has 2 aromatic carbocycles. The molecule has 0 aliphatic carbocycles. The van der Waals surface area contributed by atoms with Gasteiger partial charge < -0.3 is 5.73 Å². The van der Waals surface area contributed by atoms with Gasteiger partial charge in [0.05, 0.1) is 0 Å². The van der Waals surface area contributed by atoms with Gasteiger partial charge in [0.1, 0.15) is 0 Å². The molecule has 0 fully saturated rings. The van der Waals surface area contributed by atoms with Crippen LogP contribution in [0.1, 0.15) is 5.56 Å². The fourth-order valence-corrected chi connectivity index (χ4v) is 2.61. The molecule has 0 spiro atoms. The highest BCUT2D eigenvalue weighted by molar-refractivity contribution is 9.10. The predicted molar refractivity (Wildman–Crippen MR) is 77.5 cm³/mol. The van der Waals surface area contributed by atoms with Gasteiger partial charge in [0, 0.05) is 14.3 Å². The van der Waals surface area contributed by atoms with E-state index < -0.39 is 0 Å². The highest BCUT2D eigenvalue weighted by atomic mass is 79.9. The third-order valence-electron chi connectivity index (χ3n) is 2.41. The van der Waals surface area contributed by atoms with Crippen LogP contribution in [0.15, 0.2) is 62.8 Å². The number of nitrogens with two attached hydrogens (primary N) is 1. The van der Waals surface area contributed by atoms with E-state index in [0.717, 1.165) is 10.9 Å². The van der Waals surface area contributed by atoms with Crippen LogP contribution in [-0.4, -0.2) is 6.54 Å². The standard InChI is InChI=1S/C14H14BrNS/c15-12-3-7-14(8-4-12)17-13-5-1-11(2-6-13)9-10-16/h1-8H,9-10,16H2. The van der Waals surface area contributed by atoms with Crippen molar-refractivity contribution in [2.45, 2.75) is 16.2 Å². The number of hydrogen-bond donors (Lipinski definition) is 1. The van der Waals surface area contributed by atoms with Crippen molar-refractivity contribution in [1.82, 2.24) is 0 Å². The predicted octanol–water partition coefficient (Wildman–Crippen LogP) is 4.10. The minimum Gasteiger partial charge on any atom is -0.330 e. The molecule has 0 aliphatic rings. The number of rotatable bonds is 4. The molecule has 2 aromatic rings. The quantitative estimate of drug-likeness (QED) is 0.920. The van der Waals surface area contributed by atoms with E-state index in [0.29, 0.717) is 6.54 Å². The van der Waals surface area contributed by atoms with Crippen LogP contribution in [-0.2, 0) is 6.42 Å². The minimum atomic E-state index is 0.708. The van der Waals surface area contributed by atoms with E-state index in [1.165, 1.54) is 15.4 Å². The second-order valence-electron chi connectivity index (χ2n) is 3.74. The summed E-state index contributed by atoms with van der Waals surface area (Å²) in [6.45, 7) is 0.708. The maximum atomic E-state index is 5.53. The van der Waals surface area contributed by atoms with Gasteiger partial charge in [0.2, 0.25) is 0 Å². The molecule has 88 valence electrons. The van der Waals surface area contributed by atoms with Gasteiger partial charge in [-0.2, -0.15) is 0 Å². The molecule has 0 atom stereocenters. The van der Waals surface area contributed by atoms with Gasteiger partial charge in [-0.15, -0.1) is 0 Å². The zero-order valence-electron chi connectivity index (χ0n) is 9.40. The molecular formula is C14H14BrNS. The normalized spacial score (nSPS) is 10.5. The summed E-state index contributed by atoms with van der Waals surface area (Å²) in [5, 5.41) is 0. The van der Waals surface area contributed by atoms with Crippen LogP contribution in [0.5, 0.6) is 0 Å². The van der Waals surface area contributed by atoms with E-state index in [1.807, 2.05) is 0 Å². The van der Waals surface area contributed by atoms with Crippen LogP contribution >= 0.6 is 27.7 Å². The van der Waals surface area contributed by atoms with Crippen molar-refractivity contribution in [3.05, 3.63) is 58.6 Å². The van der Waals surface area contributed by atoms with Crippen molar-refractivity contribution in [3.8, 4) is 0 Å². The molecule has 2 N–H and O–H groups in total. The number of hydrogen-bond acceptors (Lipinski definition) is 2. The van der Waals surface area contributed by atoms with Crippen LogP contribution in [0.4, 0.5) is 0 Å². The monoisotopic (exact) mass is 307 g/mol. The van der Waals surface area contributed by atoms with Gasteiger partial charge in [-0.3, -0.25) is 0 Å². The fraction of sp³-hybridized carbons (Fsp3) is 0.143. The second kappa shape index (κ2) is 6.24. The third kappa shape index (κ3) is 3.87. The Labute approximate surface area is 115 Å². The number of benzene rings is 2. The number of halogens is 1. The maximum Gasteiger partial charge on any atom is 0.0176 e. The van der Waals surface area contributed by atoms with E-state index in [9.17, 15) is 0 Å². The molecule has 0 saturated carbocycles. The third-order valence-corrected chi connectivity index (χ3v) is 3.95. The van der Waals surface area contributed by atoms with Gasteiger partial charge in [-0.05, 0) is 54.9 Å². The lowest BCUT2D eigenvalue weighted by Gasteiger charge is -2.03. The Morgan fingerprint density at radius 3 is 1.94 bits per heavy atom. The smallest absolute Gasteiger partial charge is 0.0176 e. The van der Waals surface area contributed by atoms with Gasteiger partial charge >= 0.3 is 0 Å².